The third-order valence-electron chi connectivity index (χ3n) is 21.0. The van der Waals surface area contributed by atoms with Crippen LogP contribution >= 0.6 is 0 Å². The van der Waals surface area contributed by atoms with Crippen molar-refractivity contribution in [2.45, 2.75) is 62.3 Å². The summed E-state index contributed by atoms with van der Waals surface area (Å²) in [6.45, 7) is 19.4. The van der Waals surface area contributed by atoms with E-state index in [0.717, 1.165) is 0 Å². The van der Waals surface area contributed by atoms with Gasteiger partial charge in [-0.05, 0) is 289 Å². The zero-order valence-corrected chi connectivity index (χ0v) is 62.7. The van der Waals surface area contributed by atoms with E-state index >= 15 is 0 Å². The lowest BCUT2D eigenvalue weighted by atomic mass is 9.98. The lowest BCUT2D eigenvalue weighted by Gasteiger charge is -2.06. The molecule has 0 nitrogen and oxygen atoms in total. The fourth-order valence-electron chi connectivity index (χ4n) is 15.6. The molecule has 0 heteroatoms. The van der Waals surface area contributed by atoms with Gasteiger partial charge in [-0.1, -0.05) is 344 Å². The molecule has 0 aromatic heterocycles. The van der Waals surface area contributed by atoms with Crippen molar-refractivity contribution in [1.29, 1.82) is 0 Å². The minimum absolute atomic E-state index is 1.31. The Labute approximate surface area is 629 Å². The van der Waals surface area contributed by atoms with Crippen LogP contribution < -0.4 is 0 Å². The molecule has 0 saturated carbocycles. The van der Waals surface area contributed by atoms with E-state index in [2.05, 4.69) is 432 Å². The Morgan fingerprint density at radius 3 is 0.860 bits per heavy atom. The van der Waals surface area contributed by atoms with E-state index in [1.165, 1.54) is 201 Å². The van der Waals surface area contributed by atoms with E-state index in [4.69, 9.17) is 0 Å². The molecule has 0 saturated heterocycles. The van der Waals surface area contributed by atoms with Gasteiger partial charge in [0.05, 0.1) is 0 Å². The van der Waals surface area contributed by atoms with Crippen LogP contribution in [0.5, 0.6) is 0 Å². The second kappa shape index (κ2) is 31.3. The zero-order valence-electron chi connectivity index (χ0n) is 62.7. The van der Waals surface area contributed by atoms with Gasteiger partial charge in [-0.2, -0.15) is 0 Å². The van der Waals surface area contributed by atoms with Crippen molar-refractivity contribution in [3.05, 3.63) is 420 Å². The van der Waals surface area contributed by atoms with E-state index in [0.29, 0.717) is 0 Å². The first-order valence-electron chi connectivity index (χ1n) is 37.4. The van der Waals surface area contributed by atoms with Gasteiger partial charge in [-0.25, -0.2) is 0 Å². The van der Waals surface area contributed by atoms with Crippen LogP contribution in [-0.2, 0) is 0 Å². The molecular formula is C107H88. The van der Waals surface area contributed by atoms with Crippen molar-refractivity contribution >= 4 is 151 Å². The highest BCUT2D eigenvalue weighted by atomic mass is 14.1. The van der Waals surface area contributed by atoms with Gasteiger partial charge in [0.15, 0.2) is 0 Å². The van der Waals surface area contributed by atoms with Crippen LogP contribution in [0.3, 0.4) is 0 Å². The van der Waals surface area contributed by atoms with Crippen molar-refractivity contribution in [2.24, 2.45) is 0 Å². The van der Waals surface area contributed by atoms with Gasteiger partial charge in [0.25, 0.3) is 0 Å². The SMILES string of the molecule is Cc1cc(C)c2cc3ccccc3cc2c1.Cc1cc(C)c2cc3ccccc3cc2c1.Cc1cc2ccccc2c2ccccc12.Cc1ccc2c(ccc3ccccc32)c1.Cc1ccc2cc3ccccc3cc2c1.Cc1cccc2c1ccc1ccccc12.Cc1cccc2cc3ccccc3cc12. The average Bonchev–Trinajstić information content (AvgIpc) is 0.821. The van der Waals surface area contributed by atoms with Crippen LogP contribution in [0.2, 0.25) is 0 Å². The molecule has 21 aromatic carbocycles. The molecule has 21 aromatic rings. The Morgan fingerprint density at radius 1 is 0.103 bits per heavy atom. The molecule has 0 heterocycles. The highest BCUT2D eigenvalue weighted by Crippen LogP contribution is 2.33. The number of hydrogen-bond donors (Lipinski definition) is 0. The molecule has 0 unspecified atom stereocenters. The summed E-state index contributed by atoms with van der Waals surface area (Å²) in [5.41, 5.74) is 12.1. The van der Waals surface area contributed by atoms with Crippen molar-refractivity contribution in [2.75, 3.05) is 0 Å². The van der Waals surface area contributed by atoms with E-state index in [9.17, 15) is 0 Å². The van der Waals surface area contributed by atoms with Gasteiger partial charge in [0, 0.05) is 0 Å². The maximum Gasteiger partial charge on any atom is -0.0103 e. The van der Waals surface area contributed by atoms with Gasteiger partial charge in [0.2, 0.25) is 0 Å². The second-order valence-electron chi connectivity index (χ2n) is 29.0. The summed E-state index contributed by atoms with van der Waals surface area (Å²) >= 11 is 0. The number of rotatable bonds is 0. The Bertz CT molecular complexity index is 6660. The van der Waals surface area contributed by atoms with Gasteiger partial charge in [0.1, 0.15) is 0 Å². The van der Waals surface area contributed by atoms with Gasteiger partial charge >= 0.3 is 0 Å². The summed E-state index contributed by atoms with van der Waals surface area (Å²) in [7, 11) is 0. The quantitative estimate of drug-likeness (QED) is 0.105. The standard InChI is InChI=1S/2C16H14.5C15H12/c2*1-11-7-12(2)16-10-14-6-4-3-5-13(14)9-15(16)8-11;1-11-10-12-6-2-3-8-14(12)15-9-5-4-7-13(11)15;1-11-5-4-8-14-9-12-6-2-3-7-13(12)10-15(11)14;1-11-5-4-8-15-13(11)10-9-12-6-2-3-7-14(12)15;1-11-6-9-15-13(10-11)8-7-12-4-2-3-5-14(12)15;1-11-6-7-14-9-12-4-2-3-5-13(12)10-15(14)8-11/h2*3-10H,1-2H3;5*2-10H,1H3. The maximum absolute atomic E-state index is 2.29. The highest BCUT2D eigenvalue weighted by Gasteiger charge is 2.08. The lowest BCUT2D eigenvalue weighted by Crippen LogP contribution is -1.82. The Balaban J connectivity index is 0.0000000998. The minimum Gasteiger partial charge on any atom is -0.0616 e. The highest BCUT2D eigenvalue weighted by molar-refractivity contribution is 6.11. The molecule has 107 heavy (non-hydrogen) atoms. The van der Waals surface area contributed by atoms with E-state index in [1.54, 1.807) is 0 Å². The van der Waals surface area contributed by atoms with Crippen LogP contribution in [0.25, 0.3) is 151 Å². The summed E-state index contributed by atoms with van der Waals surface area (Å²) in [6, 6.07) is 133. The second-order valence-corrected chi connectivity index (χ2v) is 29.0. The molecule has 21 rings (SSSR count). The van der Waals surface area contributed by atoms with E-state index in [1.807, 2.05) is 0 Å². The average molecular weight is 1370 g/mol. The topological polar surface area (TPSA) is 0 Å². The largest absolute Gasteiger partial charge is 0.0616 e. The molecule has 0 N–H and O–H groups in total. The number of fused-ring (bicyclic) bond motifs is 17. The summed E-state index contributed by atoms with van der Waals surface area (Å²) in [5, 5.41) is 37.4. The zero-order chi connectivity index (χ0) is 73.5. The predicted molar refractivity (Wildman–Crippen MR) is 473 cm³/mol. The molecule has 0 aliphatic heterocycles. The third kappa shape index (κ3) is 15.6. The molecule has 0 aliphatic rings. The van der Waals surface area contributed by atoms with Gasteiger partial charge in [-0.3, -0.25) is 0 Å². The summed E-state index contributed by atoms with van der Waals surface area (Å²) in [5.74, 6) is 0. The van der Waals surface area contributed by atoms with Gasteiger partial charge in [-0.15, -0.1) is 0 Å². The van der Waals surface area contributed by atoms with Crippen LogP contribution in [0.15, 0.2) is 370 Å². The first kappa shape index (κ1) is 69.9. The van der Waals surface area contributed by atoms with Crippen molar-refractivity contribution < 1.29 is 0 Å². The van der Waals surface area contributed by atoms with E-state index < -0.39 is 0 Å². The normalized spacial score (nSPS) is 11.0. The Kier molecular flexibility index (Phi) is 20.5. The molecule has 0 spiro atoms. The van der Waals surface area contributed by atoms with E-state index in [-0.39, 0.29) is 0 Å². The molecular weight excluding hydrogens is 1290 g/mol. The molecule has 0 bridgehead atoms. The molecule has 0 aliphatic carbocycles. The molecule has 516 valence electrons. The first-order valence-corrected chi connectivity index (χ1v) is 37.4. The Morgan fingerprint density at radius 2 is 0.346 bits per heavy atom. The van der Waals surface area contributed by atoms with Crippen LogP contribution in [0.1, 0.15) is 50.1 Å². The molecule has 0 atom stereocenters. The van der Waals surface area contributed by atoms with Gasteiger partial charge < -0.3 is 0 Å². The third-order valence-corrected chi connectivity index (χ3v) is 21.0. The van der Waals surface area contributed by atoms with Crippen molar-refractivity contribution in [3.63, 3.8) is 0 Å². The predicted octanol–water partition coefficient (Wildman–Crippen LogP) is 30.7. The molecule has 0 fully saturated rings. The van der Waals surface area contributed by atoms with Crippen molar-refractivity contribution in [1.82, 2.24) is 0 Å². The number of hydrogen-bond acceptors (Lipinski definition) is 0. The smallest absolute Gasteiger partial charge is 0.0103 e. The summed E-state index contributed by atoms with van der Waals surface area (Å²) < 4.78 is 0. The fourth-order valence-corrected chi connectivity index (χ4v) is 15.6. The summed E-state index contributed by atoms with van der Waals surface area (Å²) in [6.07, 6.45) is 0. The molecule has 0 radical (unpaired) electrons. The van der Waals surface area contributed by atoms with Crippen LogP contribution in [0.4, 0.5) is 0 Å². The minimum atomic E-state index is 1.31. The monoisotopic (exact) mass is 1370 g/mol. The lowest BCUT2D eigenvalue weighted by molar-refractivity contribution is 1.43. The van der Waals surface area contributed by atoms with Crippen LogP contribution in [0, 0.1) is 62.3 Å². The summed E-state index contributed by atoms with van der Waals surface area (Å²) in [4.78, 5) is 0. The first-order chi connectivity index (χ1) is 52.2. The van der Waals surface area contributed by atoms with Crippen molar-refractivity contribution in [3.8, 4) is 0 Å². The Hall–Kier alpha value is -12.7. The maximum atomic E-state index is 2.29. The molecule has 0 amide bonds. The van der Waals surface area contributed by atoms with Crippen LogP contribution in [-0.4, -0.2) is 0 Å². The number of aryl methyl sites for hydroxylation is 9. The number of benzene rings is 21. The fraction of sp³-hybridized carbons (Fsp3) is 0.0841.